The smallest absolute Gasteiger partial charge is 0.317 e. The van der Waals surface area contributed by atoms with Crippen molar-refractivity contribution < 1.29 is 24.2 Å². The van der Waals surface area contributed by atoms with Crippen molar-refractivity contribution in [3.8, 4) is 5.75 Å². The molecule has 0 aliphatic heterocycles. The number of aryl methyl sites for hydroxylation is 1. The molecule has 0 spiro atoms. The maximum atomic E-state index is 12.4. The van der Waals surface area contributed by atoms with Gasteiger partial charge in [-0.3, -0.25) is 14.6 Å². The van der Waals surface area contributed by atoms with Gasteiger partial charge in [-0.25, -0.2) is 0 Å². The van der Waals surface area contributed by atoms with Crippen molar-refractivity contribution in [1.29, 1.82) is 0 Å². The third-order valence-electron chi connectivity index (χ3n) is 5.48. The number of ether oxygens (including phenoxy) is 2. The molecule has 1 heterocycles. The number of fused-ring (bicyclic) bond motifs is 1. The summed E-state index contributed by atoms with van der Waals surface area (Å²) < 4.78 is 10.9. The lowest BCUT2D eigenvalue weighted by atomic mass is 9.93. The van der Waals surface area contributed by atoms with Crippen molar-refractivity contribution >= 4 is 22.8 Å². The van der Waals surface area contributed by atoms with Gasteiger partial charge in [0.25, 0.3) is 0 Å². The summed E-state index contributed by atoms with van der Waals surface area (Å²) in [5.41, 5.74) is 2.29. The number of carboxylic acid groups (broad SMARTS) is 1. The van der Waals surface area contributed by atoms with Crippen molar-refractivity contribution in [2.24, 2.45) is 5.92 Å². The Labute approximate surface area is 168 Å². The second-order valence-electron chi connectivity index (χ2n) is 7.31. The number of rotatable bonds is 6. The first-order valence-electron chi connectivity index (χ1n) is 9.35. The minimum absolute atomic E-state index is 0.229. The standard InChI is InChI=1S/C23H21NO5/c1-14-10-15(18-8-3-4-9-20(18)24-14)13-29-17-7-5-6-16(11-17)23(22(27)28-2)12-19(23)21(25)26/h3-11,19H,12-13H2,1-2H3,(H,25,26)/t19-,23-/m0/s1. The SMILES string of the molecule is COC(=O)[C@]1(c2cccc(OCc3cc(C)nc4ccccc34)c2)C[C@H]1C(=O)O. The lowest BCUT2D eigenvalue weighted by Gasteiger charge is -2.16. The highest BCUT2D eigenvalue weighted by molar-refractivity contribution is 5.95. The molecular weight excluding hydrogens is 370 g/mol. The van der Waals surface area contributed by atoms with Gasteiger partial charge < -0.3 is 14.6 Å². The van der Waals surface area contributed by atoms with Gasteiger partial charge in [-0.05, 0) is 43.2 Å². The summed E-state index contributed by atoms with van der Waals surface area (Å²) in [6, 6.07) is 16.9. The summed E-state index contributed by atoms with van der Waals surface area (Å²) in [5, 5.41) is 10.4. The summed E-state index contributed by atoms with van der Waals surface area (Å²) in [5.74, 6) is -1.74. The normalized spacial score (nSPS) is 20.3. The van der Waals surface area contributed by atoms with Crippen molar-refractivity contribution in [3.63, 3.8) is 0 Å². The first-order chi connectivity index (χ1) is 14.0. The van der Waals surface area contributed by atoms with E-state index >= 15 is 0 Å². The first kappa shape index (κ1) is 18.9. The van der Waals surface area contributed by atoms with E-state index in [1.54, 1.807) is 24.3 Å². The van der Waals surface area contributed by atoms with E-state index in [1.165, 1.54) is 7.11 Å². The summed E-state index contributed by atoms with van der Waals surface area (Å²) in [6.07, 6.45) is 0.229. The van der Waals surface area contributed by atoms with Crippen LogP contribution in [0.1, 0.15) is 23.2 Å². The molecule has 148 valence electrons. The molecule has 1 fully saturated rings. The molecule has 2 aromatic carbocycles. The highest BCUT2D eigenvalue weighted by Gasteiger charge is 2.66. The van der Waals surface area contributed by atoms with Crippen LogP contribution < -0.4 is 4.74 Å². The molecule has 0 amide bonds. The fourth-order valence-corrected chi connectivity index (χ4v) is 3.94. The Morgan fingerprint density at radius 1 is 1.17 bits per heavy atom. The lowest BCUT2D eigenvalue weighted by Crippen LogP contribution is -2.27. The van der Waals surface area contributed by atoms with Gasteiger partial charge in [-0.15, -0.1) is 0 Å². The molecule has 4 rings (SSSR count). The Morgan fingerprint density at radius 2 is 1.97 bits per heavy atom. The predicted molar refractivity (Wildman–Crippen MR) is 107 cm³/mol. The lowest BCUT2D eigenvalue weighted by molar-refractivity contribution is -0.148. The van der Waals surface area contributed by atoms with Gasteiger partial charge in [0.15, 0.2) is 0 Å². The van der Waals surface area contributed by atoms with Gasteiger partial charge in [0.1, 0.15) is 17.8 Å². The van der Waals surface area contributed by atoms with Crippen LogP contribution in [0.15, 0.2) is 54.6 Å². The van der Waals surface area contributed by atoms with E-state index < -0.39 is 23.3 Å². The predicted octanol–water partition coefficient (Wildman–Crippen LogP) is 3.64. The van der Waals surface area contributed by atoms with Gasteiger partial charge in [-0.2, -0.15) is 0 Å². The van der Waals surface area contributed by atoms with Crippen LogP contribution in [0.3, 0.4) is 0 Å². The van der Waals surface area contributed by atoms with E-state index in [1.807, 2.05) is 37.3 Å². The maximum absolute atomic E-state index is 12.4. The number of aliphatic carboxylic acids is 1. The van der Waals surface area contributed by atoms with Gasteiger partial charge in [0.2, 0.25) is 0 Å². The first-order valence-corrected chi connectivity index (χ1v) is 9.35. The number of carbonyl (C=O) groups is 2. The molecule has 2 atom stereocenters. The van der Waals surface area contributed by atoms with E-state index in [2.05, 4.69) is 4.98 Å². The average Bonchev–Trinajstić information content (AvgIpc) is 3.49. The van der Waals surface area contributed by atoms with Crippen LogP contribution in [-0.2, 0) is 26.3 Å². The fraction of sp³-hybridized carbons (Fsp3) is 0.261. The second-order valence-corrected chi connectivity index (χ2v) is 7.31. The number of esters is 1. The molecule has 0 saturated heterocycles. The second kappa shape index (κ2) is 7.20. The van der Waals surface area contributed by atoms with Crippen LogP contribution in [0.5, 0.6) is 5.75 Å². The number of carboxylic acids is 1. The number of hydrogen-bond acceptors (Lipinski definition) is 5. The minimum Gasteiger partial charge on any atom is -0.489 e. The Hall–Kier alpha value is -3.41. The van der Waals surface area contributed by atoms with Crippen LogP contribution in [-0.4, -0.2) is 29.1 Å². The van der Waals surface area contributed by atoms with E-state index in [0.717, 1.165) is 22.2 Å². The number of para-hydroxylation sites is 1. The third-order valence-corrected chi connectivity index (χ3v) is 5.48. The van der Waals surface area contributed by atoms with Crippen molar-refractivity contribution in [1.82, 2.24) is 4.98 Å². The molecule has 0 bridgehead atoms. The Balaban J connectivity index is 1.61. The quantitative estimate of drug-likeness (QED) is 0.646. The fourth-order valence-electron chi connectivity index (χ4n) is 3.94. The van der Waals surface area contributed by atoms with E-state index in [9.17, 15) is 14.7 Å². The molecule has 6 heteroatoms. The van der Waals surface area contributed by atoms with Crippen LogP contribution in [0, 0.1) is 12.8 Å². The van der Waals surface area contributed by atoms with Crippen LogP contribution in [0.25, 0.3) is 10.9 Å². The Morgan fingerprint density at radius 3 is 2.69 bits per heavy atom. The molecule has 3 aromatic rings. The molecule has 1 saturated carbocycles. The molecule has 29 heavy (non-hydrogen) atoms. The summed E-state index contributed by atoms with van der Waals surface area (Å²) >= 11 is 0. The molecule has 1 aromatic heterocycles. The number of nitrogens with zero attached hydrogens (tertiary/aromatic N) is 1. The van der Waals surface area contributed by atoms with Crippen molar-refractivity contribution in [2.75, 3.05) is 7.11 Å². The number of aromatic nitrogens is 1. The van der Waals surface area contributed by atoms with Gasteiger partial charge in [-0.1, -0.05) is 30.3 Å². The number of hydrogen-bond donors (Lipinski definition) is 1. The molecular formula is C23H21NO5. The maximum Gasteiger partial charge on any atom is 0.317 e. The van der Waals surface area contributed by atoms with Crippen molar-refractivity contribution in [2.45, 2.75) is 25.4 Å². The number of pyridine rings is 1. The monoisotopic (exact) mass is 391 g/mol. The van der Waals surface area contributed by atoms with Crippen LogP contribution >= 0.6 is 0 Å². The van der Waals surface area contributed by atoms with E-state index in [-0.39, 0.29) is 6.42 Å². The Kier molecular flexibility index (Phi) is 4.70. The van der Waals surface area contributed by atoms with E-state index in [0.29, 0.717) is 17.9 Å². The van der Waals surface area contributed by atoms with Gasteiger partial charge in [0.05, 0.1) is 18.5 Å². The summed E-state index contributed by atoms with van der Waals surface area (Å²) in [6.45, 7) is 2.27. The Bertz CT molecular complexity index is 1110. The van der Waals surface area contributed by atoms with Gasteiger partial charge >= 0.3 is 11.9 Å². The zero-order valence-corrected chi connectivity index (χ0v) is 16.2. The molecule has 1 aliphatic carbocycles. The number of carbonyl (C=O) groups excluding carboxylic acids is 1. The molecule has 1 aliphatic rings. The largest absolute Gasteiger partial charge is 0.489 e. The van der Waals surface area contributed by atoms with Crippen molar-refractivity contribution in [3.05, 3.63) is 71.4 Å². The number of benzene rings is 2. The topological polar surface area (TPSA) is 85.7 Å². The molecule has 6 nitrogen and oxygen atoms in total. The molecule has 0 radical (unpaired) electrons. The van der Waals surface area contributed by atoms with E-state index in [4.69, 9.17) is 9.47 Å². The number of methoxy groups -OCH3 is 1. The highest BCUT2D eigenvalue weighted by Crippen LogP contribution is 2.55. The zero-order valence-electron chi connectivity index (χ0n) is 16.2. The van der Waals surface area contributed by atoms with Crippen LogP contribution in [0.4, 0.5) is 0 Å². The highest BCUT2D eigenvalue weighted by atomic mass is 16.5. The average molecular weight is 391 g/mol. The molecule has 1 N–H and O–H groups in total. The molecule has 0 unspecified atom stereocenters. The van der Waals surface area contributed by atoms with Gasteiger partial charge in [0, 0.05) is 16.6 Å². The third kappa shape index (κ3) is 3.31. The summed E-state index contributed by atoms with van der Waals surface area (Å²) in [7, 11) is 1.28. The zero-order chi connectivity index (χ0) is 20.6. The minimum atomic E-state index is -1.14. The van der Waals surface area contributed by atoms with Crippen LogP contribution in [0.2, 0.25) is 0 Å². The summed E-state index contributed by atoms with van der Waals surface area (Å²) in [4.78, 5) is 28.4.